The Morgan fingerprint density at radius 3 is 3.00 bits per heavy atom. The topological polar surface area (TPSA) is 51.4 Å². The molecule has 0 saturated carbocycles. The molecule has 1 atom stereocenters. The van der Waals surface area contributed by atoms with Crippen LogP contribution in [0, 0.1) is 5.92 Å². The van der Waals surface area contributed by atoms with Gasteiger partial charge in [-0.25, -0.2) is 4.52 Å². The molecule has 0 saturated heterocycles. The Hall–Kier alpha value is -1.97. The van der Waals surface area contributed by atoms with Crippen molar-refractivity contribution >= 4 is 17.6 Å². The van der Waals surface area contributed by atoms with E-state index in [2.05, 4.69) is 5.10 Å². The van der Waals surface area contributed by atoms with E-state index in [4.69, 9.17) is 0 Å². The molecule has 0 spiro atoms. The Morgan fingerprint density at radius 1 is 1.59 bits per heavy atom. The number of hydrogen-bond acceptors (Lipinski definition) is 3. The smallest absolute Gasteiger partial charge is 0.174 e. The third-order valence-electron chi connectivity index (χ3n) is 2.80. The van der Waals surface area contributed by atoms with E-state index in [1.807, 2.05) is 13.0 Å². The fraction of sp³-hybridized carbons (Fsp3) is 0.308. The van der Waals surface area contributed by atoms with Gasteiger partial charge in [-0.3, -0.25) is 4.79 Å². The van der Waals surface area contributed by atoms with Gasteiger partial charge in [0.15, 0.2) is 5.78 Å². The second kappa shape index (κ2) is 4.49. The summed E-state index contributed by atoms with van der Waals surface area (Å²) in [6.07, 6.45) is 3.29. The molecule has 2 aromatic heterocycles. The van der Waals surface area contributed by atoms with Crippen molar-refractivity contribution in [1.29, 1.82) is 0 Å². The van der Waals surface area contributed by atoms with Crippen LogP contribution in [-0.4, -0.2) is 21.7 Å². The molecule has 0 N–H and O–H groups in total. The largest absolute Gasteiger partial charge is 0.303 e. The molecule has 0 aromatic carbocycles. The molecule has 4 heteroatoms. The number of nitrogens with zero attached hydrogens (tertiary/aromatic N) is 2. The van der Waals surface area contributed by atoms with Crippen molar-refractivity contribution in [2.75, 3.05) is 0 Å². The fourth-order valence-electron chi connectivity index (χ4n) is 1.75. The van der Waals surface area contributed by atoms with Crippen molar-refractivity contribution < 1.29 is 9.59 Å². The molecule has 1 unspecified atom stereocenters. The zero-order valence-electron chi connectivity index (χ0n) is 9.88. The van der Waals surface area contributed by atoms with Crippen LogP contribution >= 0.6 is 0 Å². The molecule has 0 amide bonds. The monoisotopic (exact) mass is 230 g/mol. The van der Waals surface area contributed by atoms with Gasteiger partial charge in [0.1, 0.15) is 6.29 Å². The number of ketones is 1. The maximum Gasteiger partial charge on any atom is 0.174 e. The van der Waals surface area contributed by atoms with Gasteiger partial charge in [-0.15, -0.1) is 0 Å². The van der Waals surface area contributed by atoms with Gasteiger partial charge in [0.2, 0.25) is 0 Å². The summed E-state index contributed by atoms with van der Waals surface area (Å²) >= 11 is 0. The van der Waals surface area contributed by atoms with E-state index >= 15 is 0 Å². The van der Waals surface area contributed by atoms with E-state index in [1.165, 1.54) is 0 Å². The fourth-order valence-corrected chi connectivity index (χ4v) is 1.75. The normalized spacial score (nSPS) is 12.6. The quantitative estimate of drug-likeness (QED) is 0.458. The lowest BCUT2D eigenvalue weighted by molar-refractivity contribution is -0.109. The van der Waals surface area contributed by atoms with Gasteiger partial charge in [-0.05, 0) is 31.5 Å². The molecule has 17 heavy (non-hydrogen) atoms. The zero-order valence-corrected chi connectivity index (χ0v) is 9.88. The molecule has 2 heterocycles. The number of pyridine rings is 1. The number of Topliss-reactive ketones (excluding diaryl/α,β-unsaturated/α-hetero) is 1. The van der Waals surface area contributed by atoms with Gasteiger partial charge < -0.3 is 4.79 Å². The highest BCUT2D eigenvalue weighted by Crippen LogP contribution is 2.16. The van der Waals surface area contributed by atoms with Gasteiger partial charge >= 0.3 is 0 Å². The lowest BCUT2D eigenvalue weighted by Crippen LogP contribution is -2.13. The average Bonchev–Trinajstić information content (AvgIpc) is 2.79. The lowest BCUT2D eigenvalue weighted by Gasteiger charge is -2.04. The molecule has 0 aliphatic heterocycles. The first-order valence-electron chi connectivity index (χ1n) is 5.64. The molecule has 0 fully saturated rings. The minimum absolute atomic E-state index is 0.159. The van der Waals surface area contributed by atoms with E-state index in [-0.39, 0.29) is 5.78 Å². The standard InChI is InChI=1S/C13H14N2O2/c1-3-10-7-12-11(13(17)9(2)8-16)5-4-6-15(12)14-10/h4-9H,3H2,1-2H3. The summed E-state index contributed by atoms with van der Waals surface area (Å²) in [5.74, 6) is -0.769. The number of rotatable bonds is 4. The van der Waals surface area contributed by atoms with Crippen LogP contribution in [-0.2, 0) is 11.2 Å². The van der Waals surface area contributed by atoms with Crippen LogP contribution in [0.1, 0.15) is 29.9 Å². The summed E-state index contributed by atoms with van der Waals surface area (Å²) in [5, 5.41) is 4.34. The van der Waals surface area contributed by atoms with Crippen LogP contribution in [0.4, 0.5) is 0 Å². The minimum Gasteiger partial charge on any atom is -0.303 e. The van der Waals surface area contributed by atoms with E-state index < -0.39 is 5.92 Å². The number of aryl methyl sites for hydroxylation is 1. The molecule has 88 valence electrons. The maximum absolute atomic E-state index is 12.0. The second-order valence-corrected chi connectivity index (χ2v) is 4.03. The summed E-state index contributed by atoms with van der Waals surface area (Å²) < 4.78 is 1.68. The van der Waals surface area contributed by atoms with Gasteiger partial charge in [0.25, 0.3) is 0 Å². The summed E-state index contributed by atoms with van der Waals surface area (Å²) in [7, 11) is 0. The summed E-state index contributed by atoms with van der Waals surface area (Å²) in [5.41, 5.74) is 2.26. The Labute approximate surface area is 99.3 Å². The number of fused-ring (bicyclic) bond motifs is 1. The molecular weight excluding hydrogens is 216 g/mol. The second-order valence-electron chi connectivity index (χ2n) is 4.03. The Morgan fingerprint density at radius 2 is 2.35 bits per heavy atom. The Kier molecular flexibility index (Phi) is 3.04. The summed E-state index contributed by atoms with van der Waals surface area (Å²) in [6.45, 7) is 3.62. The van der Waals surface area contributed by atoms with Crippen molar-refractivity contribution in [2.24, 2.45) is 5.92 Å². The predicted molar refractivity (Wildman–Crippen MR) is 64.1 cm³/mol. The molecule has 2 aromatic rings. The van der Waals surface area contributed by atoms with Crippen molar-refractivity contribution in [3.8, 4) is 0 Å². The van der Waals surface area contributed by atoms with Gasteiger partial charge in [-0.2, -0.15) is 5.10 Å². The molecular formula is C13H14N2O2. The third kappa shape index (κ3) is 1.98. The molecule has 2 rings (SSSR count). The highest BCUT2D eigenvalue weighted by molar-refractivity contribution is 6.09. The summed E-state index contributed by atoms with van der Waals surface area (Å²) in [4.78, 5) is 22.7. The Bertz CT molecular complexity index is 572. The SMILES string of the molecule is CCc1cc2c(C(=O)C(C)C=O)cccn2n1. The van der Waals surface area contributed by atoms with E-state index in [1.54, 1.807) is 29.8 Å². The first-order chi connectivity index (χ1) is 8.17. The number of carbonyl (C=O) groups is 2. The number of carbonyl (C=O) groups excluding carboxylic acids is 2. The summed E-state index contributed by atoms with van der Waals surface area (Å²) in [6, 6.07) is 5.40. The third-order valence-corrected chi connectivity index (χ3v) is 2.80. The van der Waals surface area contributed by atoms with Gasteiger partial charge in [0.05, 0.1) is 17.1 Å². The zero-order chi connectivity index (χ0) is 12.4. The van der Waals surface area contributed by atoms with Crippen LogP contribution in [0.2, 0.25) is 0 Å². The highest BCUT2D eigenvalue weighted by atomic mass is 16.1. The highest BCUT2D eigenvalue weighted by Gasteiger charge is 2.17. The van der Waals surface area contributed by atoms with Crippen molar-refractivity contribution in [2.45, 2.75) is 20.3 Å². The lowest BCUT2D eigenvalue weighted by atomic mass is 10.0. The molecule has 4 nitrogen and oxygen atoms in total. The van der Waals surface area contributed by atoms with E-state index in [0.717, 1.165) is 17.6 Å². The van der Waals surface area contributed by atoms with Crippen LogP contribution in [0.15, 0.2) is 24.4 Å². The molecule has 0 bridgehead atoms. The van der Waals surface area contributed by atoms with Crippen molar-refractivity contribution in [3.05, 3.63) is 35.7 Å². The van der Waals surface area contributed by atoms with E-state index in [0.29, 0.717) is 11.8 Å². The number of hydrogen-bond donors (Lipinski definition) is 0. The van der Waals surface area contributed by atoms with Crippen molar-refractivity contribution in [3.63, 3.8) is 0 Å². The maximum atomic E-state index is 12.0. The average molecular weight is 230 g/mol. The number of aromatic nitrogens is 2. The van der Waals surface area contributed by atoms with Gasteiger partial charge in [0, 0.05) is 11.8 Å². The van der Waals surface area contributed by atoms with Crippen LogP contribution in [0.5, 0.6) is 0 Å². The van der Waals surface area contributed by atoms with Gasteiger partial charge in [-0.1, -0.05) is 6.92 Å². The molecule has 0 radical (unpaired) electrons. The number of aldehydes is 1. The first-order valence-corrected chi connectivity index (χ1v) is 5.64. The van der Waals surface area contributed by atoms with Crippen LogP contribution < -0.4 is 0 Å². The first kappa shape index (κ1) is 11.5. The predicted octanol–water partition coefficient (Wildman–Crippen LogP) is 1.91. The molecule has 0 aliphatic carbocycles. The van der Waals surface area contributed by atoms with Crippen LogP contribution in [0.25, 0.3) is 5.52 Å². The van der Waals surface area contributed by atoms with Crippen molar-refractivity contribution in [1.82, 2.24) is 9.61 Å². The Balaban J connectivity index is 2.57. The van der Waals surface area contributed by atoms with Crippen LogP contribution in [0.3, 0.4) is 0 Å². The minimum atomic E-state index is -0.610. The van der Waals surface area contributed by atoms with E-state index in [9.17, 15) is 9.59 Å². The molecule has 0 aliphatic rings.